The van der Waals surface area contributed by atoms with E-state index in [1.165, 1.54) is 28.9 Å². The van der Waals surface area contributed by atoms with Gasteiger partial charge in [-0.3, -0.25) is 0 Å². The van der Waals surface area contributed by atoms with E-state index < -0.39 is 0 Å². The summed E-state index contributed by atoms with van der Waals surface area (Å²) < 4.78 is 12.9. The van der Waals surface area contributed by atoms with Crippen LogP contribution in [0.4, 0.5) is 14.9 Å². The van der Waals surface area contributed by atoms with Gasteiger partial charge in [0.25, 0.3) is 0 Å². The average Bonchev–Trinajstić information content (AvgIpc) is 2.69. The molecule has 0 aliphatic carbocycles. The lowest BCUT2D eigenvalue weighted by atomic mass is 10.0. The van der Waals surface area contributed by atoms with Crippen LogP contribution in [0.2, 0.25) is 0 Å². The maximum Gasteiger partial charge on any atom is 0.317 e. The number of carbonyl (C=O) groups is 1. The number of amides is 2. The Morgan fingerprint density at radius 1 is 1.07 bits per heavy atom. The Morgan fingerprint density at radius 2 is 1.78 bits per heavy atom. The third-order valence-electron chi connectivity index (χ3n) is 5.19. The van der Waals surface area contributed by atoms with Crippen LogP contribution < -0.4 is 10.2 Å². The zero-order chi connectivity index (χ0) is 19.2. The van der Waals surface area contributed by atoms with Crippen molar-refractivity contribution in [1.82, 2.24) is 10.2 Å². The molecule has 4 nitrogen and oxygen atoms in total. The first-order chi connectivity index (χ1) is 13.1. The monoisotopic (exact) mass is 369 g/mol. The molecule has 3 rings (SSSR count). The van der Waals surface area contributed by atoms with Gasteiger partial charge in [0.2, 0.25) is 0 Å². The number of nitrogens with zero attached hydrogens (tertiary/aromatic N) is 2. The highest BCUT2D eigenvalue weighted by Gasteiger charge is 2.23. The lowest BCUT2D eigenvalue weighted by molar-refractivity contribution is 0.194. The van der Waals surface area contributed by atoms with E-state index in [2.05, 4.69) is 42.3 Å². The van der Waals surface area contributed by atoms with Crippen LogP contribution in [0.5, 0.6) is 0 Å². The second-order valence-corrected chi connectivity index (χ2v) is 7.02. The van der Waals surface area contributed by atoms with E-state index in [-0.39, 0.29) is 11.8 Å². The molecule has 1 saturated heterocycles. The molecule has 5 heteroatoms. The summed E-state index contributed by atoms with van der Waals surface area (Å²) in [4.78, 5) is 16.7. The molecule has 0 saturated carbocycles. The number of anilines is 1. The third-order valence-corrected chi connectivity index (χ3v) is 5.19. The van der Waals surface area contributed by atoms with Crippen molar-refractivity contribution in [3.8, 4) is 0 Å². The van der Waals surface area contributed by atoms with Crippen molar-refractivity contribution in [2.75, 3.05) is 37.6 Å². The van der Waals surface area contributed by atoms with Gasteiger partial charge >= 0.3 is 6.03 Å². The molecule has 144 valence electrons. The van der Waals surface area contributed by atoms with Crippen LogP contribution >= 0.6 is 0 Å². The molecule has 1 fully saturated rings. The third kappa shape index (κ3) is 4.79. The van der Waals surface area contributed by atoms with Gasteiger partial charge in [-0.05, 0) is 48.6 Å². The number of halogens is 1. The van der Waals surface area contributed by atoms with Gasteiger partial charge < -0.3 is 15.1 Å². The van der Waals surface area contributed by atoms with E-state index in [4.69, 9.17) is 0 Å². The summed E-state index contributed by atoms with van der Waals surface area (Å²) in [5, 5.41) is 2.98. The van der Waals surface area contributed by atoms with Crippen LogP contribution in [-0.2, 0) is 12.8 Å². The Bertz CT molecular complexity index is 768. The molecule has 0 spiro atoms. The maximum atomic E-state index is 12.9. The minimum Gasteiger partial charge on any atom is -0.368 e. The predicted octanol–water partition coefficient (Wildman–Crippen LogP) is 3.77. The van der Waals surface area contributed by atoms with Crippen molar-refractivity contribution in [2.24, 2.45) is 0 Å². The fraction of sp³-hybridized carbons (Fsp3) is 0.409. The highest BCUT2D eigenvalue weighted by Crippen LogP contribution is 2.26. The smallest absolute Gasteiger partial charge is 0.317 e. The minimum absolute atomic E-state index is 0.0164. The number of aryl methyl sites for hydroxylation is 2. The molecule has 27 heavy (non-hydrogen) atoms. The highest BCUT2D eigenvalue weighted by molar-refractivity contribution is 5.74. The van der Waals surface area contributed by atoms with Gasteiger partial charge in [0.15, 0.2) is 0 Å². The molecule has 0 aromatic heterocycles. The van der Waals surface area contributed by atoms with Crippen molar-refractivity contribution in [3.05, 3.63) is 65.0 Å². The number of rotatable bonds is 5. The maximum absolute atomic E-state index is 12.9. The Morgan fingerprint density at radius 3 is 2.44 bits per heavy atom. The molecule has 1 heterocycles. The largest absolute Gasteiger partial charge is 0.368 e. The minimum atomic E-state index is -0.236. The average molecular weight is 369 g/mol. The second kappa shape index (κ2) is 8.89. The molecule has 0 unspecified atom stereocenters. The molecule has 0 bridgehead atoms. The van der Waals surface area contributed by atoms with Crippen molar-refractivity contribution in [2.45, 2.75) is 26.7 Å². The zero-order valence-corrected chi connectivity index (χ0v) is 16.2. The second-order valence-electron chi connectivity index (χ2n) is 7.02. The number of urea groups is 1. The number of hydrogen-bond acceptors (Lipinski definition) is 2. The van der Waals surface area contributed by atoms with E-state index in [1.54, 1.807) is 12.1 Å². The summed E-state index contributed by atoms with van der Waals surface area (Å²) in [5.41, 5.74) is 5.02. The molecular formula is C22H28FN3O. The molecule has 2 aromatic carbocycles. The van der Waals surface area contributed by atoms with Gasteiger partial charge in [-0.15, -0.1) is 0 Å². The van der Waals surface area contributed by atoms with Gasteiger partial charge in [0.05, 0.1) is 0 Å². The molecule has 1 aliphatic heterocycles. The summed E-state index contributed by atoms with van der Waals surface area (Å²) in [7, 11) is 0. The van der Waals surface area contributed by atoms with Crippen LogP contribution in [0.3, 0.4) is 0 Å². The van der Waals surface area contributed by atoms with Gasteiger partial charge in [0.1, 0.15) is 5.82 Å². The van der Waals surface area contributed by atoms with Gasteiger partial charge in [-0.2, -0.15) is 0 Å². The summed E-state index contributed by atoms with van der Waals surface area (Å²) >= 11 is 0. The van der Waals surface area contributed by atoms with Crippen molar-refractivity contribution < 1.29 is 9.18 Å². The Kier molecular flexibility index (Phi) is 6.32. The van der Waals surface area contributed by atoms with Gasteiger partial charge in [-0.25, -0.2) is 9.18 Å². The number of para-hydroxylation sites is 1. The van der Waals surface area contributed by atoms with Crippen LogP contribution in [0.15, 0.2) is 42.5 Å². The lowest BCUT2D eigenvalue weighted by Gasteiger charge is -2.37. The van der Waals surface area contributed by atoms with E-state index in [9.17, 15) is 9.18 Å². The molecule has 1 aliphatic rings. The fourth-order valence-electron chi connectivity index (χ4n) is 3.67. The van der Waals surface area contributed by atoms with Gasteiger partial charge in [0, 0.05) is 38.4 Å². The summed E-state index contributed by atoms with van der Waals surface area (Å²) in [6.45, 7) is 8.04. The standard InChI is InChI=1S/C22H28FN3O/c1-3-19-6-4-5-17(2)21(19)25-13-15-26(16-14-25)22(27)24-12-11-18-7-9-20(23)10-8-18/h4-10H,3,11-16H2,1-2H3,(H,24,27). The normalized spacial score (nSPS) is 14.3. The van der Waals surface area contributed by atoms with Gasteiger partial charge in [-0.1, -0.05) is 37.3 Å². The number of hydrogen-bond donors (Lipinski definition) is 1. The van der Waals surface area contributed by atoms with Crippen LogP contribution in [0, 0.1) is 12.7 Å². The van der Waals surface area contributed by atoms with E-state index in [0.29, 0.717) is 13.0 Å². The van der Waals surface area contributed by atoms with Crippen LogP contribution in [0.25, 0.3) is 0 Å². The quantitative estimate of drug-likeness (QED) is 0.871. The molecule has 0 atom stereocenters. The van der Waals surface area contributed by atoms with Crippen molar-refractivity contribution in [3.63, 3.8) is 0 Å². The van der Waals surface area contributed by atoms with E-state index >= 15 is 0 Å². The van der Waals surface area contributed by atoms with Crippen LogP contribution in [-0.4, -0.2) is 43.7 Å². The number of nitrogens with one attached hydrogen (secondary N) is 1. The summed E-state index contributed by atoms with van der Waals surface area (Å²) in [6.07, 6.45) is 1.72. The summed E-state index contributed by atoms with van der Waals surface area (Å²) in [5.74, 6) is -0.236. The SMILES string of the molecule is CCc1cccc(C)c1N1CCN(C(=O)NCCc2ccc(F)cc2)CC1. The van der Waals surface area contributed by atoms with E-state index in [1.807, 2.05) is 4.90 Å². The fourth-order valence-corrected chi connectivity index (χ4v) is 3.67. The first-order valence-electron chi connectivity index (χ1n) is 9.69. The molecule has 2 aromatic rings. The first-order valence-corrected chi connectivity index (χ1v) is 9.69. The van der Waals surface area contributed by atoms with Crippen LogP contribution in [0.1, 0.15) is 23.6 Å². The Balaban J connectivity index is 1.49. The number of benzene rings is 2. The predicted molar refractivity (Wildman–Crippen MR) is 108 cm³/mol. The van der Waals surface area contributed by atoms with E-state index in [0.717, 1.165) is 38.2 Å². The Labute approximate surface area is 161 Å². The Hall–Kier alpha value is -2.56. The lowest BCUT2D eigenvalue weighted by Crippen LogP contribution is -2.52. The topological polar surface area (TPSA) is 35.6 Å². The van der Waals surface area contributed by atoms with Crippen molar-refractivity contribution in [1.29, 1.82) is 0 Å². The molecule has 1 N–H and O–H groups in total. The zero-order valence-electron chi connectivity index (χ0n) is 16.2. The van der Waals surface area contributed by atoms with Crippen molar-refractivity contribution >= 4 is 11.7 Å². The molecular weight excluding hydrogens is 341 g/mol. The molecule has 0 radical (unpaired) electrons. The number of carbonyl (C=O) groups excluding carboxylic acids is 1. The first kappa shape index (κ1) is 19.2. The molecule has 2 amide bonds. The highest BCUT2D eigenvalue weighted by atomic mass is 19.1. The number of piperazine rings is 1. The summed E-state index contributed by atoms with van der Waals surface area (Å²) in [6, 6.07) is 12.9.